The Balaban J connectivity index is 1.29. The first-order valence-corrected chi connectivity index (χ1v) is 13.7. The normalized spacial score (nSPS) is 20.1. The average molecular weight is 541 g/mol. The van der Waals surface area contributed by atoms with Gasteiger partial charge < -0.3 is 14.7 Å². The molecule has 3 atom stereocenters. The molecule has 0 spiro atoms. The number of ether oxygens (including phenoxy) is 1. The molecule has 2 fully saturated rings. The highest BCUT2D eigenvalue weighted by Crippen LogP contribution is 2.55. The summed E-state index contributed by atoms with van der Waals surface area (Å²) in [5.41, 5.74) is 4.94. The lowest BCUT2D eigenvalue weighted by Gasteiger charge is -2.24. The van der Waals surface area contributed by atoms with Gasteiger partial charge in [-0.15, -0.1) is 5.10 Å². The van der Waals surface area contributed by atoms with Crippen LogP contribution in [0.15, 0.2) is 60.9 Å². The molecular weight excluding hydrogens is 508 g/mol. The molecule has 6 rings (SSSR count). The summed E-state index contributed by atoms with van der Waals surface area (Å²) >= 11 is 0. The summed E-state index contributed by atoms with van der Waals surface area (Å²) in [7, 11) is 1.82. The molecule has 2 aromatic heterocycles. The van der Waals surface area contributed by atoms with Gasteiger partial charge in [0, 0.05) is 43.8 Å². The van der Waals surface area contributed by atoms with Crippen LogP contribution in [0.4, 0.5) is 0 Å². The standard InChI is InChI=1S/C30H32N6O4/c1-3-40-18-23-11-6-12-35(23)29(37)21-9-4-7-19(13-21)20-8-5-10-22(14-20)36-28(26(16-31-36)30(38)39)25-15-24(25)27-17-34(2)33-32-27/h4-5,7-10,13-14,16-17,23-25H,3,6,11-12,15,18H2,1-2H3,(H,38,39). The first kappa shape index (κ1) is 25.9. The maximum absolute atomic E-state index is 13.4. The molecular formula is C30H32N6O4. The van der Waals surface area contributed by atoms with Crippen LogP contribution in [0.25, 0.3) is 16.8 Å². The fourth-order valence-corrected chi connectivity index (χ4v) is 5.79. The van der Waals surface area contributed by atoms with Crippen LogP contribution in [-0.4, -0.2) is 72.5 Å². The lowest BCUT2D eigenvalue weighted by atomic mass is 10.0. The molecule has 3 unspecified atom stereocenters. The Morgan fingerprint density at radius 2 is 1.90 bits per heavy atom. The van der Waals surface area contributed by atoms with Gasteiger partial charge in [-0.2, -0.15) is 5.10 Å². The van der Waals surface area contributed by atoms with E-state index in [0.29, 0.717) is 24.5 Å². The largest absolute Gasteiger partial charge is 0.478 e. The molecule has 1 saturated heterocycles. The molecule has 1 aliphatic heterocycles. The number of likely N-dealkylation sites (tertiary alicyclic amines) is 1. The number of carbonyl (C=O) groups is 2. The molecule has 1 aliphatic carbocycles. The summed E-state index contributed by atoms with van der Waals surface area (Å²) < 4.78 is 9.00. The fourth-order valence-electron chi connectivity index (χ4n) is 5.79. The van der Waals surface area contributed by atoms with E-state index in [0.717, 1.165) is 48.3 Å². The van der Waals surface area contributed by atoms with E-state index in [1.54, 1.807) is 9.36 Å². The highest BCUT2D eigenvalue weighted by atomic mass is 16.5. The third kappa shape index (κ3) is 4.90. The van der Waals surface area contributed by atoms with Gasteiger partial charge in [0.25, 0.3) is 5.91 Å². The number of aromatic carboxylic acids is 1. The Morgan fingerprint density at radius 1 is 1.10 bits per heavy atom. The van der Waals surface area contributed by atoms with Gasteiger partial charge in [-0.05, 0) is 61.6 Å². The zero-order valence-corrected chi connectivity index (χ0v) is 22.6. The van der Waals surface area contributed by atoms with Crippen LogP contribution < -0.4 is 0 Å². The van der Waals surface area contributed by atoms with Gasteiger partial charge in [0.1, 0.15) is 5.56 Å². The molecule has 4 aromatic rings. The Hall–Kier alpha value is -4.31. The molecule has 40 heavy (non-hydrogen) atoms. The predicted octanol–water partition coefficient (Wildman–Crippen LogP) is 4.28. The number of aryl methyl sites for hydroxylation is 1. The predicted molar refractivity (Wildman–Crippen MR) is 148 cm³/mol. The highest BCUT2D eigenvalue weighted by Gasteiger charge is 2.46. The van der Waals surface area contributed by atoms with Crippen molar-refractivity contribution in [2.45, 2.75) is 44.1 Å². The van der Waals surface area contributed by atoms with Crippen LogP contribution in [0.2, 0.25) is 0 Å². The van der Waals surface area contributed by atoms with Gasteiger partial charge in [-0.3, -0.25) is 9.48 Å². The molecule has 2 aliphatic rings. The van der Waals surface area contributed by atoms with Crippen molar-refractivity contribution in [2.75, 3.05) is 19.8 Å². The maximum atomic E-state index is 13.4. The topological polar surface area (TPSA) is 115 Å². The number of carboxylic acid groups (broad SMARTS) is 1. The Morgan fingerprint density at radius 3 is 2.65 bits per heavy atom. The van der Waals surface area contributed by atoms with E-state index >= 15 is 0 Å². The highest BCUT2D eigenvalue weighted by molar-refractivity contribution is 5.96. The number of benzene rings is 2. The van der Waals surface area contributed by atoms with Crippen molar-refractivity contribution in [3.8, 4) is 16.8 Å². The Labute approximate surface area is 232 Å². The van der Waals surface area contributed by atoms with Crippen molar-refractivity contribution in [2.24, 2.45) is 7.05 Å². The number of nitrogens with zero attached hydrogens (tertiary/aromatic N) is 6. The minimum Gasteiger partial charge on any atom is -0.478 e. The number of amides is 1. The minimum absolute atomic E-state index is 0.0139. The molecule has 0 bridgehead atoms. The molecule has 1 amide bonds. The minimum atomic E-state index is -1.00. The maximum Gasteiger partial charge on any atom is 0.339 e. The molecule has 1 saturated carbocycles. The van der Waals surface area contributed by atoms with E-state index in [-0.39, 0.29) is 29.3 Å². The summed E-state index contributed by atoms with van der Waals surface area (Å²) in [4.78, 5) is 27.4. The van der Waals surface area contributed by atoms with Gasteiger partial charge in [-0.1, -0.05) is 29.5 Å². The van der Waals surface area contributed by atoms with Crippen molar-refractivity contribution in [3.05, 3.63) is 83.4 Å². The molecule has 206 valence electrons. The second-order valence-corrected chi connectivity index (χ2v) is 10.5. The third-order valence-electron chi connectivity index (χ3n) is 7.86. The van der Waals surface area contributed by atoms with E-state index in [9.17, 15) is 14.7 Å². The van der Waals surface area contributed by atoms with Gasteiger partial charge in [0.15, 0.2) is 0 Å². The fraction of sp³-hybridized carbons (Fsp3) is 0.367. The van der Waals surface area contributed by atoms with Crippen LogP contribution in [-0.2, 0) is 11.8 Å². The van der Waals surface area contributed by atoms with Crippen molar-refractivity contribution < 1.29 is 19.4 Å². The second-order valence-electron chi connectivity index (χ2n) is 10.5. The number of carbonyl (C=O) groups excluding carboxylic acids is 1. The van der Waals surface area contributed by atoms with E-state index in [2.05, 4.69) is 15.4 Å². The Bertz CT molecular complexity index is 1560. The monoisotopic (exact) mass is 540 g/mol. The van der Waals surface area contributed by atoms with Gasteiger partial charge in [0.05, 0.1) is 35.9 Å². The number of hydrogen-bond acceptors (Lipinski definition) is 6. The van der Waals surface area contributed by atoms with Crippen LogP contribution in [0.3, 0.4) is 0 Å². The van der Waals surface area contributed by atoms with E-state index < -0.39 is 5.97 Å². The third-order valence-corrected chi connectivity index (χ3v) is 7.86. The van der Waals surface area contributed by atoms with Crippen molar-refractivity contribution >= 4 is 11.9 Å². The SMILES string of the molecule is CCOCC1CCCN1C(=O)c1cccc(-c2cccc(-n3ncc(C(=O)O)c3C3CC3c3cn(C)nn3)c2)c1. The average Bonchev–Trinajstić information content (AvgIpc) is 3.29. The molecule has 3 heterocycles. The second kappa shape index (κ2) is 10.7. The summed E-state index contributed by atoms with van der Waals surface area (Å²) in [6, 6.07) is 15.6. The zero-order chi connectivity index (χ0) is 27.8. The van der Waals surface area contributed by atoms with Crippen LogP contribution >= 0.6 is 0 Å². The Kier molecular flexibility index (Phi) is 6.93. The van der Waals surface area contributed by atoms with Crippen molar-refractivity contribution in [3.63, 3.8) is 0 Å². The first-order chi connectivity index (χ1) is 19.4. The number of rotatable bonds is 9. The van der Waals surface area contributed by atoms with Crippen LogP contribution in [0, 0.1) is 0 Å². The number of carboxylic acids is 1. The number of aromatic nitrogens is 5. The first-order valence-electron chi connectivity index (χ1n) is 13.7. The van der Waals surface area contributed by atoms with Crippen LogP contribution in [0.5, 0.6) is 0 Å². The van der Waals surface area contributed by atoms with Crippen molar-refractivity contribution in [1.82, 2.24) is 29.7 Å². The van der Waals surface area contributed by atoms with Crippen LogP contribution in [0.1, 0.15) is 70.1 Å². The van der Waals surface area contributed by atoms with Crippen molar-refractivity contribution in [1.29, 1.82) is 0 Å². The number of hydrogen-bond donors (Lipinski definition) is 1. The molecule has 10 heteroatoms. The summed E-state index contributed by atoms with van der Waals surface area (Å²) in [6.07, 6.45) is 6.02. The van der Waals surface area contributed by atoms with E-state index in [4.69, 9.17) is 4.74 Å². The summed E-state index contributed by atoms with van der Waals surface area (Å²) in [5, 5.41) is 22.7. The smallest absolute Gasteiger partial charge is 0.339 e. The van der Waals surface area contributed by atoms with Gasteiger partial charge in [-0.25, -0.2) is 9.48 Å². The molecule has 10 nitrogen and oxygen atoms in total. The quantitative estimate of drug-likeness (QED) is 0.337. The van der Waals surface area contributed by atoms with Gasteiger partial charge in [0.2, 0.25) is 0 Å². The molecule has 0 radical (unpaired) electrons. The molecule has 2 aromatic carbocycles. The van der Waals surface area contributed by atoms with E-state index in [1.165, 1.54) is 6.20 Å². The van der Waals surface area contributed by atoms with Gasteiger partial charge >= 0.3 is 5.97 Å². The summed E-state index contributed by atoms with van der Waals surface area (Å²) in [5.74, 6) is -0.896. The van der Waals surface area contributed by atoms with E-state index in [1.807, 2.05) is 73.6 Å². The lowest BCUT2D eigenvalue weighted by molar-refractivity contribution is 0.0564. The summed E-state index contributed by atoms with van der Waals surface area (Å²) in [6.45, 7) is 3.90. The molecule has 1 N–H and O–H groups in total. The lowest BCUT2D eigenvalue weighted by Crippen LogP contribution is -2.38. The zero-order valence-electron chi connectivity index (χ0n) is 22.6.